The number of nitrogens with zero attached hydrogens (tertiary/aromatic N) is 2. The lowest BCUT2D eigenvalue weighted by molar-refractivity contribution is 0.102. The third-order valence-corrected chi connectivity index (χ3v) is 3.82. The first-order chi connectivity index (χ1) is 11.5. The molecule has 7 heteroatoms. The van der Waals surface area contributed by atoms with Gasteiger partial charge >= 0.3 is 0 Å². The van der Waals surface area contributed by atoms with Gasteiger partial charge in [0.15, 0.2) is 0 Å². The Morgan fingerprint density at radius 2 is 1.83 bits per heavy atom. The summed E-state index contributed by atoms with van der Waals surface area (Å²) in [7, 11) is 3.11. The van der Waals surface area contributed by atoms with E-state index in [1.165, 1.54) is 0 Å². The second-order valence-electron chi connectivity index (χ2n) is 5.17. The number of rotatable bonds is 4. The van der Waals surface area contributed by atoms with E-state index in [0.717, 1.165) is 0 Å². The Hall–Kier alpha value is -2.73. The summed E-state index contributed by atoms with van der Waals surface area (Å²) in [5.74, 6) is 0.898. The normalized spacial score (nSPS) is 10.7. The van der Waals surface area contributed by atoms with Gasteiger partial charge in [0.05, 0.1) is 19.9 Å². The number of hydrogen-bond donors (Lipinski definition) is 1. The minimum absolute atomic E-state index is 0.280. The first-order valence-electron chi connectivity index (χ1n) is 7.20. The fraction of sp³-hybridized carbons (Fsp3) is 0.176. The Morgan fingerprint density at radius 3 is 2.46 bits per heavy atom. The molecule has 0 radical (unpaired) electrons. The van der Waals surface area contributed by atoms with Crippen molar-refractivity contribution in [2.24, 2.45) is 0 Å². The van der Waals surface area contributed by atoms with Crippen molar-refractivity contribution in [3.8, 4) is 11.5 Å². The Bertz CT molecular complexity index is 899. The van der Waals surface area contributed by atoms with Gasteiger partial charge in [0, 0.05) is 41.2 Å². The molecule has 3 rings (SSSR count). The van der Waals surface area contributed by atoms with Crippen molar-refractivity contribution in [2.45, 2.75) is 6.92 Å². The number of amides is 1. The van der Waals surface area contributed by atoms with Gasteiger partial charge in [-0.3, -0.25) is 9.20 Å². The molecule has 0 aliphatic heterocycles. The summed E-state index contributed by atoms with van der Waals surface area (Å²) in [6.07, 6.45) is 1.72. The van der Waals surface area contributed by atoms with E-state index >= 15 is 0 Å². The minimum atomic E-state index is -0.280. The molecule has 24 heavy (non-hydrogen) atoms. The second kappa shape index (κ2) is 6.41. The van der Waals surface area contributed by atoms with E-state index in [1.54, 1.807) is 62.1 Å². The number of carbonyl (C=O) groups excluding carboxylic acids is 1. The van der Waals surface area contributed by atoms with Crippen LogP contribution in [0.4, 0.5) is 5.69 Å². The molecule has 0 aliphatic carbocycles. The zero-order valence-electron chi connectivity index (χ0n) is 13.5. The Balaban J connectivity index is 1.97. The molecule has 1 N–H and O–H groups in total. The van der Waals surface area contributed by atoms with Gasteiger partial charge in [0.2, 0.25) is 0 Å². The van der Waals surface area contributed by atoms with Crippen LogP contribution in [0.1, 0.15) is 16.2 Å². The van der Waals surface area contributed by atoms with Crippen LogP contribution >= 0.6 is 11.6 Å². The van der Waals surface area contributed by atoms with Crippen LogP contribution in [0.15, 0.2) is 36.5 Å². The number of anilines is 1. The highest BCUT2D eigenvalue weighted by Crippen LogP contribution is 2.26. The predicted octanol–water partition coefficient (Wildman–Crippen LogP) is 3.57. The largest absolute Gasteiger partial charge is 0.497 e. The number of ether oxygens (including phenoxy) is 2. The summed E-state index contributed by atoms with van der Waals surface area (Å²) < 4.78 is 12.1. The Kier molecular flexibility index (Phi) is 4.31. The molecule has 0 saturated heterocycles. The summed E-state index contributed by atoms with van der Waals surface area (Å²) in [4.78, 5) is 17.1. The van der Waals surface area contributed by atoms with Crippen LogP contribution in [0.2, 0.25) is 5.02 Å². The van der Waals surface area contributed by atoms with E-state index in [4.69, 9.17) is 21.1 Å². The monoisotopic (exact) mass is 345 g/mol. The summed E-state index contributed by atoms with van der Waals surface area (Å²) in [5.41, 5.74) is 2.25. The molecule has 1 aromatic carbocycles. The minimum Gasteiger partial charge on any atom is -0.497 e. The topological polar surface area (TPSA) is 64.9 Å². The number of halogens is 1. The molecule has 0 fully saturated rings. The summed E-state index contributed by atoms with van der Waals surface area (Å²) in [6.45, 7) is 1.78. The Labute approximate surface area is 144 Å². The molecular weight excluding hydrogens is 330 g/mol. The van der Waals surface area contributed by atoms with Crippen molar-refractivity contribution in [1.82, 2.24) is 9.38 Å². The average Bonchev–Trinajstić information content (AvgIpc) is 2.89. The quantitative estimate of drug-likeness (QED) is 0.785. The van der Waals surface area contributed by atoms with E-state index in [1.807, 2.05) is 0 Å². The molecule has 3 aromatic rings. The zero-order chi connectivity index (χ0) is 17.3. The van der Waals surface area contributed by atoms with Crippen LogP contribution in [0.25, 0.3) is 5.65 Å². The molecule has 0 bridgehead atoms. The SMILES string of the molecule is COc1cc(NC(=O)c2c(C)nc3cc(Cl)ccn23)cc(OC)c1. The molecule has 2 heterocycles. The molecule has 0 aliphatic rings. The number of aromatic nitrogens is 2. The number of hydrogen-bond acceptors (Lipinski definition) is 4. The first kappa shape index (κ1) is 16.1. The van der Waals surface area contributed by atoms with E-state index in [9.17, 15) is 4.79 Å². The molecule has 0 atom stereocenters. The van der Waals surface area contributed by atoms with Crippen LogP contribution < -0.4 is 14.8 Å². The smallest absolute Gasteiger partial charge is 0.274 e. The fourth-order valence-electron chi connectivity index (χ4n) is 2.48. The first-order valence-corrected chi connectivity index (χ1v) is 7.58. The van der Waals surface area contributed by atoms with Gasteiger partial charge < -0.3 is 14.8 Å². The predicted molar refractivity (Wildman–Crippen MR) is 92.4 cm³/mol. The number of imidazole rings is 1. The van der Waals surface area contributed by atoms with E-state index in [2.05, 4.69) is 10.3 Å². The maximum Gasteiger partial charge on any atom is 0.274 e. The molecule has 0 spiro atoms. The molecule has 2 aromatic heterocycles. The van der Waals surface area contributed by atoms with E-state index in [0.29, 0.717) is 39.2 Å². The number of nitrogens with one attached hydrogen (secondary N) is 1. The highest BCUT2D eigenvalue weighted by Gasteiger charge is 2.17. The highest BCUT2D eigenvalue weighted by atomic mass is 35.5. The average molecular weight is 346 g/mol. The molecular formula is C17H16ClN3O3. The maximum atomic E-state index is 12.7. The van der Waals surface area contributed by atoms with Crippen LogP contribution in [0.3, 0.4) is 0 Å². The number of carbonyl (C=O) groups is 1. The number of fused-ring (bicyclic) bond motifs is 1. The molecule has 124 valence electrons. The second-order valence-corrected chi connectivity index (χ2v) is 5.61. The lowest BCUT2D eigenvalue weighted by Gasteiger charge is -2.10. The van der Waals surface area contributed by atoms with Crippen molar-refractivity contribution in [2.75, 3.05) is 19.5 Å². The summed E-state index contributed by atoms with van der Waals surface area (Å²) in [5, 5.41) is 3.42. The van der Waals surface area contributed by atoms with Crippen molar-refractivity contribution in [3.63, 3.8) is 0 Å². The summed E-state index contributed by atoms with van der Waals surface area (Å²) >= 11 is 5.97. The number of methoxy groups -OCH3 is 2. The molecule has 1 amide bonds. The lowest BCUT2D eigenvalue weighted by Crippen LogP contribution is -2.15. The van der Waals surface area contributed by atoms with E-state index < -0.39 is 0 Å². The third-order valence-electron chi connectivity index (χ3n) is 3.59. The van der Waals surface area contributed by atoms with Gasteiger partial charge in [-0.15, -0.1) is 0 Å². The van der Waals surface area contributed by atoms with Crippen LogP contribution in [0, 0.1) is 6.92 Å². The number of benzene rings is 1. The number of pyridine rings is 1. The maximum absolute atomic E-state index is 12.7. The van der Waals surface area contributed by atoms with Gasteiger partial charge in [-0.05, 0) is 13.0 Å². The van der Waals surface area contributed by atoms with Crippen LogP contribution in [-0.2, 0) is 0 Å². The molecule has 6 nitrogen and oxygen atoms in total. The van der Waals surface area contributed by atoms with Crippen molar-refractivity contribution in [1.29, 1.82) is 0 Å². The fourth-order valence-corrected chi connectivity index (χ4v) is 2.63. The van der Waals surface area contributed by atoms with Gasteiger partial charge in [-0.1, -0.05) is 11.6 Å². The standard InChI is InChI=1S/C17H16ClN3O3/c1-10-16(21-5-4-11(18)6-15(21)19-10)17(22)20-12-7-13(23-2)9-14(8-12)24-3/h4-9H,1-3H3,(H,20,22). The van der Waals surface area contributed by atoms with Crippen LogP contribution in [-0.4, -0.2) is 29.5 Å². The highest BCUT2D eigenvalue weighted by molar-refractivity contribution is 6.30. The van der Waals surface area contributed by atoms with Gasteiger partial charge in [-0.2, -0.15) is 0 Å². The zero-order valence-corrected chi connectivity index (χ0v) is 14.2. The van der Waals surface area contributed by atoms with Gasteiger partial charge in [0.1, 0.15) is 22.8 Å². The number of aryl methyl sites for hydroxylation is 1. The van der Waals surface area contributed by atoms with E-state index in [-0.39, 0.29) is 5.91 Å². The third kappa shape index (κ3) is 3.00. The lowest BCUT2D eigenvalue weighted by atomic mass is 10.2. The van der Waals surface area contributed by atoms with Crippen molar-refractivity contribution >= 4 is 28.8 Å². The molecule has 0 unspecified atom stereocenters. The summed E-state index contributed by atoms with van der Waals surface area (Å²) in [6, 6.07) is 8.59. The van der Waals surface area contributed by atoms with Gasteiger partial charge in [-0.25, -0.2) is 4.98 Å². The van der Waals surface area contributed by atoms with Crippen LogP contribution in [0.5, 0.6) is 11.5 Å². The Morgan fingerprint density at radius 1 is 1.17 bits per heavy atom. The van der Waals surface area contributed by atoms with Crippen molar-refractivity contribution < 1.29 is 14.3 Å². The van der Waals surface area contributed by atoms with Gasteiger partial charge in [0.25, 0.3) is 5.91 Å². The van der Waals surface area contributed by atoms with Crippen molar-refractivity contribution in [3.05, 3.63) is 52.9 Å². The molecule has 0 saturated carbocycles.